The smallest absolute Gasteiger partial charge is 0.261 e. The van der Waals surface area contributed by atoms with Crippen molar-refractivity contribution in [2.45, 2.75) is 4.90 Å². The highest BCUT2D eigenvalue weighted by atomic mass is 79.9. The van der Waals surface area contributed by atoms with Gasteiger partial charge in [0.1, 0.15) is 0 Å². The third-order valence-corrected chi connectivity index (χ3v) is 4.67. The average Bonchev–Trinajstić information content (AvgIpc) is 2.32. The third-order valence-electron chi connectivity index (χ3n) is 2.22. The molecule has 0 saturated heterocycles. The summed E-state index contributed by atoms with van der Waals surface area (Å²) in [7, 11) is -3.53. The van der Waals surface area contributed by atoms with Gasteiger partial charge in [0, 0.05) is 14.6 Å². The third kappa shape index (κ3) is 3.34. The molecule has 0 aliphatic heterocycles. The Hall–Kier alpha value is -0.850. The molecule has 0 amide bonds. The van der Waals surface area contributed by atoms with Gasteiger partial charge in [-0.15, -0.1) is 0 Å². The number of hydrogen-bond donors (Lipinski definition) is 1. The molecule has 0 fully saturated rings. The van der Waals surface area contributed by atoms with Crippen LogP contribution in [-0.2, 0) is 10.0 Å². The maximum absolute atomic E-state index is 12.1. The summed E-state index contributed by atoms with van der Waals surface area (Å²) in [5.74, 6) is 0. The van der Waals surface area contributed by atoms with E-state index in [0.717, 1.165) is 8.95 Å². The summed E-state index contributed by atoms with van der Waals surface area (Å²) in [6.07, 6.45) is 0. The molecule has 0 saturated carbocycles. The monoisotopic (exact) mass is 389 g/mol. The molecule has 1 N–H and O–H groups in total. The predicted octanol–water partition coefficient (Wildman–Crippen LogP) is 4.01. The largest absolute Gasteiger partial charge is 0.280 e. The molecule has 0 unspecified atom stereocenters. The van der Waals surface area contributed by atoms with Crippen LogP contribution in [-0.4, -0.2) is 8.42 Å². The minimum atomic E-state index is -3.53. The van der Waals surface area contributed by atoms with Gasteiger partial charge in [-0.2, -0.15) is 0 Å². The quantitative estimate of drug-likeness (QED) is 0.860. The molecule has 3 nitrogen and oxygen atoms in total. The number of sulfonamides is 1. The van der Waals surface area contributed by atoms with Gasteiger partial charge in [-0.05, 0) is 48.5 Å². The van der Waals surface area contributed by atoms with Gasteiger partial charge >= 0.3 is 0 Å². The Labute approximate surface area is 123 Å². The van der Waals surface area contributed by atoms with Crippen LogP contribution in [0.2, 0.25) is 0 Å². The Morgan fingerprint density at radius 1 is 0.778 bits per heavy atom. The molecule has 18 heavy (non-hydrogen) atoms. The molecular formula is C12H9Br2NO2S. The number of anilines is 1. The summed E-state index contributed by atoms with van der Waals surface area (Å²) >= 11 is 6.56. The highest BCUT2D eigenvalue weighted by Crippen LogP contribution is 2.20. The van der Waals surface area contributed by atoms with Crippen LogP contribution in [0.4, 0.5) is 5.69 Å². The first-order chi connectivity index (χ1) is 8.47. The van der Waals surface area contributed by atoms with Crippen LogP contribution >= 0.6 is 31.9 Å². The standard InChI is InChI=1S/C12H9Br2NO2S/c13-9-1-5-11(6-2-9)15-18(16,17)12-7-3-10(14)4-8-12/h1-8,15H. The summed E-state index contributed by atoms with van der Waals surface area (Å²) in [5, 5.41) is 0. The Morgan fingerprint density at radius 3 is 1.72 bits per heavy atom. The summed E-state index contributed by atoms with van der Waals surface area (Å²) in [6, 6.07) is 13.4. The Bertz CT molecular complexity index is 637. The van der Waals surface area contributed by atoms with E-state index in [2.05, 4.69) is 36.6 Å². The van der Waals surface area contributed by atoms with Gasteiger partial charge in [-0.25, -0.2) is 8.42 Å². The molecule has 0 bridgehead atoms. The molecular weight excluding hydrogens is 382 g/mol. The van der Waals surface area contributed by atoms with E-state index in [1.807, 2.05) is 0 Å². The zero-order chi connectivity index (χ0) is 13.2. The second-order valence-corrected chi connectivity index (χ2v) is 7.08. The van der Waals surface area contributed by atoms with E-state index in [4.69, 9.17) is 0 Å². The summed E-state index contributed by atoms with van der Waals surface area (Å²) in [4.78, 5) is 0.230. The van der Waals surface area contributed by atoms with Crippen molar-refractivity contribution in [3.8, 4) is 0 Å². The van der Waals surface area contributed by atoms with E-state index in [9.17, 15) is 8.42 Å². The molecule has 0 aromatic heterocycles. The summed E-state index contributed by atoms with van der Waals surface area (Å²) < 4.78 is 28.4. The van der Waals surface area contributed by atoms with Crippen LogP contribution in [0, 0.1) is 0 Å². The normalized spacial score (nSPS) is 11.2. The van der Waals surface area contributed by atoms with Gasteiger partial charge in [-0.1, -0.05) is 31.9 Å². The highest BCUT2D eigenvalue weighted by Gasteiger charge is 2.13. The molecule has 0 atom stereocenters. The molecule has 0 radical (unpaired) electrons. The minimum Gasteiger partial charge on any atom is -0.280 e. The number of rotatable bonds is 3. The molecule has 0 aliphatic carbocycles. The SMILES string of the molecule is O=S(=O)(Nc1ccc(Br)cc1)c1ccc(Br)cc1. The number of hydrogen-bond acceptors (Lipinski definition) is 2. The predicted molar refractivity (Wildman–Crippen MR) is 79.1 cm³/mol. The summed E-state index contributed by atoms with van der Waals surface area (Å²) in [5.41, 5.74) is 0.529. The van der Waals surface area contributed by atoms with Gasteiger partial charge in [-0.3, -0.25) is 4.72 Å². The molecule has 2 aromatic rings. The first-order valence-corrected chi connectivity index (χ1v) is 8.08. The zero-order valence-electron chi connectivity index (χ0n) is 9.10. The number of halogens is 2. The van der Waals surface area contributed by atoms with Crippen LogP contribution in [0.3, 0.4) is 0 Å². The number of benzene rings is 2. The van der Waals surface area contributed by atoms with Gasteiger partial charge in [0.2, 0.25) is 0 Å². The van der Waals surface area contributed by atoms with Crippen molar-refractivity contribution < 1.29 is 8.42 Å². The molecule has 6 heteroatoms. The Balaban J connectivity index is 2.27. The van der Waals surface area contributed by atoms with Crippen LogP contribution in [0.25, 0.3) is 0 Å². The maximum atomic E-state index is 12.1. The first-order valence-electron chi connectivity index (χ1n) is 5.01. The van der Waals surface area contributed by atoms with Crippen LogP contribution < -0.4 is 4.72 Å². The van der Waals surface area contributed by atoms with Gasteiger partial charge in [0.05, 0.1) is 4.90 Å². The van der Waals surface area contributed by atoms with Crippen molar-refractivity contribution in [1.29, 1.82) is 0 Å². The fourth-order valence-corrected chi connectivity index (χ4v) is 2.93. The van der Waals surface area contributed by atoms with E-state index >= 15 is 0 Å². The molecule has 2 aromatic carbocycles. The Kier molecular flexibility index (Phi) is 4.09. The Morgan fingerprint density at radius 2 is 1.22 bits per heavy atom. The lowest BCUT2D eigenvalue weighted by atomic mass is 10.3. The van der Waals surface area contributed by atoms with Crippen LogP contribution in [0.1, 0.15) is 0 Å². The van der Waals surface area contributed by atoms with Crippen molar-refractivity contribution in [2.24, 2.45) is 0 Å². The van der Waals surface area contributed by atoms with Crippen LogP contribution in [0.15, 0.2) is 62.4 Å². The fraction of sp³-hybridized carbons (Fsp3) is 0. The lowest BCUT2D eigenvalue weighted by Crippen LogP contribution is -2.12. The first kappa shape index (κ1) is 13.6. The summed E-state index contributed by atoms with van der Waals surface area (Å²) in [6.45, 7) is 0. The second kappa shape index (κ2) is 5.42. The lowest BCUT2D eigenvalue weighted by Gasteiger charge is -2.08. The highest BCUT2D eigenvalue weighted by molar-refractivity contribution is 9.10. The van der Waals surface area contributed by atoms with Crippen molar-refractivity contribution in [3.63, 3.8) is 0 Å². The van der Waals surface area contributed by atoms with Crippen molar-refractivity contribution in [1.82, 2.24) is 0 Å². The second-order valence-electron chi connectivity index (χ2n) is 3.57. The van der Waals surface area contributed by atoms with Crippen molar-refractivity contribution in [2.75, 3.05) is 4.72 Å². The van der Waals surface area contributed by atoms with Crippen molar-refractivity contribution >= 4 is 47.6 Å². The van der Waals surface area contributed by atoms with E-state index in [-0.39, 0.29) is 4.90 Å². The molecule has 0 aliphatic rings. The molecule has 94 valence electrons. The maximum Gasteiger partial charge on any atom is 0.261 e. The van der Waals surface area contributed by atoms with Gasteiger partial charge < -0.3 is 0 Å². The van der Waals surface area contributed by atoms with Crippen molar-refractivity contribution in [3.05, 3.63) is 57.5 Å². The van der Waals surface area contributed by atoms with Gasteiger partial charge in [0.25, 0.3) is 10.0 Å². The zero-order valence-corrected chi connectivity index (χ0v) is 13.1. The lowest BCUT2D eigenvalue weighted by molar-refractivity contribution is 0.601. The molecule has 2 rings (SSSR count). The van der Waals surface area contributed by atoms with Crippen LogP contribution in [0.5, 0.6) is 0 Å². The van der Waals surface area contributed by atoms with E-state index in [1.54, 1.807) is 48.5 Å². The van der Waals surface area contributed by atoms with E-state index in [0.29, 0.717) is 5.69 Å². The fourth-order valence-electron chi connectivity index (χ4n) is 1.35. The van der Waals surface area contributed by atoms with Gasteiger partial charge in [0.15, 0.2) is 0 Å². The molecule has 0 spiro atoms. The minimum absolute atomic E-state index is 0.230. The topological polar surface area (TPSA) is 46.2 Å². The molecule has 0 heterocycles. The van der Waals surface area contributed by atoms with E-state index < -0.39 is 10.0 Å². The number of nitrogens with one attached hydrogen (secondary N) is 1. The van der Waals surface area contributed by atoms with E-state index in [1.165, 1.54) is 0 Å². The average molecular weight is 391 g/mol.